The van der Waals surface area contributed by atoms with Gasteiger partial charge in [0.15, 0.2) is 0 Å². The molecule has 0 aromatic carbocycles. The minimum atomic E-state index is -0.600. The second-order valence-electron chi connectivity index (χ2n) is 5.33. The van der Waals surface area contributed by atoms with Gasteiger partial charge in [-0.15, -0.1) is 0 Å². The van der Waals surface area contributed by atoms with Crippen molar-refractivity contribution in [1.29, 1.82) is 0 Å². The van der Waals surface area contributed by atoms with Crippen LogP contribution in [0.1, 0.15) is 43.0 Å². The van der Waals surface area contributed by atoms with Crippen LogP contribution < -0.4 is 11.1 Å². The van der Waals surface area contributed by atoms with E-state index < -0.39 is 5.60 Å². The van der Waals surface area contributed by atoms with Crippen LogP contribution >= 0.6 is 15.9 Å². The molecule has 1 fully saturated rings. The van der Waals surface area contributed by atoms with Crippen LogP contribution in [0.4, 0.5) is 5.82 Å². The molecule has 6 heteroatoms. The Morgan fingerprint density at radius 1 is 1.58 bits per heavy atom. The first-order valence-electron chi connectivity index (χ1n) is 6.32. The first-order valence-corrected chi connectivity index (χ1v) is 7.11. The van der Waals surface area contributed by atoms with Crippen molar-refractivity contribution in [3.8, 4) is 0 Å². The predicted octanol–water partition coefficient (Wildman–Crippen LogP) is 1.85. The number of carbonyl (C=O) groups is 1. The van der Waals surface area contributed by atoms with E-state index in [1.165, 1.54) is 0 Å². The lowest BCUT2D eigenvalue weighted by molar-refractivity contribution is 0.0140. The van der Waals surface area contributed by atoms with E-state index >= 15 is 0 Å². The number of anilines is 1. The van der Waals surface area contributed by atoms with Gasteiger partial charge in [0, 0.05) is 16.7 Å². The summed E-state index contributed by atoms with van der Waals surface area (Å²) in [4.78, 5) is 16.1. The molecular weight excluding hydrogens is 310 g/mol. The Bertz CT molecular complexity index is 481. The molecule has 0 atom stereocenters. The molecule has 1 aromatic rings. The molecule has 104 valence electrons. The first-order chi connectivity index (χ1) is 8.87. The molecule has 19 heavy (non-hydrogen) atoms. The summed E-state index contributed by atoms with van der Waals surface area (Å²) < 4.78 is 0.721. The van der Waals surface area contributed by atoms with Crippen molar-refractivity contribution >= 4 is 27.7 Å². The van der Waals surface area contributed by atoms with Crippen LogP contribution in [0.15, 0.2) is 16.7 Å². The highest BCUT2D eigenvalue weighted by atomic mass is 79.9. The fourth-order valence-electron chi connectivity index (χ4n) is 2.28. The second-order valence-corrected chi connectivity index (χ2v) is 6.25. The number of nitrogens with one attached hydrogen (secondary N) is 1. The third-order valence-electron chi connectivity index (χ3n) is 3.53. The molecule has 0 radical (unpaired) electrons. The van der Waals surface area contributed by atoms with E-state index in [1.807, 2.05) is 6.92 Å². The molecule has 1 aromatic heterocycles. The zero-order chi connectivity index (χ0) is 14.0. The highest BCUT2D eigenvalue weighted by Crippen LogP contribution is 2.28. The Morgan fingerprint density at radius 2 is 2.21 bits per heavy atom. The van der Waals surface area contributed by atoms with Crippen molar-refractivity contribution in [2.24, 2.45) is 0 Å². The topological polar surface area (TPSA) is 88.2 Å². The number of aliphatic hydroxyl groups is 1. The summed E-state index contributed by atoms with van der Waals surface area (Å²) in [5.74, 6) is 0.0151. The molecule has 1 aliphatic rings. The van der Waals surface area contributed by atoms with Gasteiger partial charge < -0.3 is 16.2 Å². The number of halogens is 1. The quantitative estimate of drug-likeness (QED) is 0.773. The molecule has 1 saturated carbocycles. The third-order valence-corrected chi connectivity index (χ3v) is 3.96. The first kappa shape index (κ1) is 14.3. The van der Waals surface area contributed by atoms with Gasteiger partial charge >= 0.3 is 0 Å². The average molecular weight is 328 g/mol. The molecule has 1 aliphatic carbocycles. The van der Waals surface area contributed by atoms with Gasteiger partial charge in [0.25, 0.3) is 5.91 Å². The molecule has 0 saturated heterocycles. The van der Waals surface area contributed by atoms with Crippen LogP contribution in [0.2, 0.25) is 0 Å². The summed E-state index contributed by atoms with van der Waals surface area (Å²) in [6.07, 6.45) is 4.51. The Morgan fingerprint density at radius 3 is 2.84 bits per heavy atom. The second kappa shape index (κ2) is 5.46. The Labute approximate surface area is 120 Å². The van der Waals surface area contributed by atoms with Crippen molar-refractivity contribution in [1.82, 2.24) is 10.3 Å². The summed E-state index contributed by atoms with van der Waals surface area (Å²) in [6.45, 7) is 1.83. The number of hydrogen-bond donors (Lipinski definition) is 3. The highest BCUT2D eigenvalue weighted by molar-refractivity contribution is 9.10. The van der Waals surface area contributed by atoms with Crippen LogP contribution in [0.25, 0.3) is 0 Å². The zero-order valence-corrected chi connectivity index (χ0v) is 12.4. The summed E-state index contributed by atoms with van der Waals surface area (Å²) in [5, 5.41) is 12.8. The molecular formula is C13H18BrN3O2. The Balaban J connectivity index is 2.00. The molecule has 0 unspecified atom stereocenters. The van der Waals surface area contributed by atoms with Crippen LogP contribution in [0.3, 0.4) is 0 Å². The van der Waals surface area contributed by atoms with Crippen molar-refractivity contribution < 1.29 is 9.90 Å². The van der Waals surface area contributed by atoms with E-state index in [9.17, 15) is 9.90 Å². The maximum Gasteiger partial charge on any atom is 0.255 e. The van der Waals surface area contributed by atoms with E-state index in [0.717, 1.165) is 17.3 Å². The number of nitrogens with two attached hydrogens (primary N) is 1. The van der Waals surface area contributed by atoms with Crippen LogP contribution in [0.5, 0.6) is 0 Å². The standard InChI is InChI=1S/C13H18BrN3O2/c1-13(19)4-2-9(3-5-13)17-12(18)10-6-8(14)7-16-11(10)15/h6-7,9,19H,2-5H2,1H3,(H2,15,16)(H,17,18). The lowest BCUT2D eigenvalue weighted by Gasteiger charge is -2.33. The van der Waals surface area contributed by atoms with Gasteiger partial charge in [0.2, 0.25) is 0 Å². The molecule has 1 amide bonds. The largest absolute Gasteiger partial charge is 0.390 e. The minimum Gasteiger partial charge on any atom is -0.390 e. The van der Waals surface area contributed by atoms with E-state index in [-0.39, 0.29) is 17.8 Å². The predicted molar refractivity (Wildman–Crippen MR) is 76.7 cm³/mol. The molecule has 0 aliphatic heterocycles. The summed E-state index contributed by atoms with van der Waals surface area (Å²) in [5.41, 5.74) is 5.49. The normalized spacial score (nSPS) is 27.0. The maximum absolute atomic E-state index is 12.1. The number of carbonyl (C=O) groups excluding carboxylic acids is 1. The van der Waals surface area contributed by atoms with Crippen molar-refractivity contribution in [2.45, 2.75) is 44.2 Å². The van der Waals surface area contributed by atoms with Gasteiger partial charge in [-0.1, -0.05) is 0 Å². The van der Waals surface area contributed by atoms with E-state index in [0.29, 0.717) is 18.4 Å². The highest BCUT2D eigenvalue weighted by Gasteiger charge is 2.29. The monoisotopic (exact) mass is 327 g/mol. The molecule has 0 bridgehead atoms. The van der Waals surface area contributed by atoms with Gasteiger partial charge in [0.1, 0.15) is 5.82 Å². The van der Waals surface area contributed by atoms with E-state index in [1.54, 1.807) is 12.3 Å². The summed E-state index contributed by atoms with van der Waals surface area (Å²) >= 11 is 3.27. The van der Waals surface area contributed by atoms with E-state index in [2.05, 4.69) is 26.2 Å². The number of nitrogens with zero attached hydrogens (tertiary/aromatic N) is 1. The number of pyridine rings is 1. The van der Waals surface area contributed by atoms with Crippen LogP contribution in [-0.2, 0) is 0 Å². The SMILES string of the molecule is CC1(O)CCC(NC(=O)c2cc(Br)cnc2N)CC1. The molecule has 1 heterocycles. The van der Waals surface area contributed by atoms with Gasteiger partial charge in [-0.25, -0.2) is 4.98 Å². The lowest BCUT2D eigenvalue weighted by atomic mass is 9.83. The molecule has 2 rings (SSSR count). The molecule has 5 nitrogen and oxygen atoms in total. The molecule has 0 spiro atoms. The Kier molecular flexibility index (Phi) is 4.10. The summed E-state index contributed by atoms with van der Waals surface area (Å²) in [6, 6.07) is 1.75. The van der Waals surface area contributed by atoms with Gasteiger partial charge in [0.05, 0.1) is 11.2 Å². The number of rotatable bonds is 2. The fourth-order valence-corrected chi connectivity index (χ4v) is 2.61. The summed E-state index contributed by atoms with van der Waals surface area (Å²) in [7, 11) is 0. The minimum absolute atomic E-state index is 0.0890. The van der Waals surface area contributed by atoms with Crippen LogP contribution in [0, 0.1) is 0 Å². The fraction of sp³-hybridized carbons (Fsp3) is 0.538. The van der Waals surface area contributed by atoms with Gasteiger partial charge in [-0.3, -0.25) is 4.79 Å². The number of amides is 1. The maximum atomic E-state index is 12.1. The number of nitrogen functional groups attached to an aromatic ring is 1. The van der Waals surface area contributed by atoms with Crippen molar-refractivity contribution in [2.75, 3.05) is 5.73 Å². The molecule has 4 N–H and O–H groups in total. The lowest BCUT2D eigenvalue weighted by Crippen LogP contribution is -2.42. The van der Waals surface area contributed by atoms with Crippen molar-refractivity contribution in [3.63, 3.8) is 0 Å². The third kappa shape index (κ3) is 3.67. The Hall–Kier alpha value is -1.14. The van der Waals surface area contributed by atoms with E-state index in [4.69, 9.17) is 5.73 Å². The van der Waals surface area contributed by atoms with Crippen molar-refractivity contribution in [3.05, 3.63) is 22.3 Å². The number of hydrogen-bond acceptors (Lipinski definition) is 4. The average Bonchev–Trinajstić information content (AvgIpc) is 2.35. The van der Waals surface area contributed by atoms with Gasteiger partial charge in [-0.2, -0.15) is 0 Å². The van der Waals surface area contributed by atoms with Gasteiger partial charge in [-0.05, 0) is 54.6 Å². The van der Waals surface area contributed by atoms with Crippen LogP contribution in [-0.4, -0.2) is 27.6 Å². The number of aromatic nitrogens is 1. The zero-order valence-electron chi connectivity index (χ0n) is 10.8. The smallest absolute Gasteiger partial charge is 0.255 e.